The van der Waals surface area contributed by atoms with Crippen molar-refractivity contribution in [1.82, 2.24) is 0 Å². The Hall–Kier alpha value is -1.64. The van der Waals surface area contributed by atoms with Gasteiger partial charge in [-0.25, -0.2) is 4.79 Å². The molecule has 1 atom stereocenters. The molecular weight excluding hydrogens is 240 g/mol. The Kier molecular flexibility index (Phi) is 4.72. The number of fused-ring (bicyclic) bond motifs is 1. The second kappa shape index (κ2) is 6.50. The maximum Gasteiger partial charge on any atom is 0.338 e. The summed E-state index contributed by atoms with van der Waals surface area (Å²) in [6, 6.07) is 5.84. The van der Waals surface area contributed by atoms with Crippen LogP contribution in [-0.2, 0) is 22.4 Å². The van der Waals surface area contributed by atoms with Gasteiger partial charge in [0, 0.05) is 6.42 Å². The number of carbonyl (C=O) groups is 2. The van der Waals surface area contributed by atoms with Crippen LogP contribution in [0.25, 0.3) is 0 Å². The molecule has 3 nitrogen and oxygen atoms in total. The summed E-state index contributed by atoms with van der Waals surface area (Å²) in [5, 5.41) is 0. The molecule has 0 fully saturated rings. The molecule has 0 aromatic heterocycles. The predicted octanol–water partition coefficient (Wildman–Crippen LogP) is 2.95. The van der Waals surface area contributed by atoms with E-state index in [9.17, 15) is 9.59 Å². The Balaban J connectivity index is 2.07. The van der Waals surface area contributed by atoms with Crippen molar-refractivity contribution in [3.05, 3.63) is 34.9 Å². The maximum absolute atomic E-state index is 11.7. The lowest BCUT2D eigenvalue weighted by atomic mass is 9.81. The molecule has 0 saturated heterocycles. The molecule has 19 heavy (non-hydrogen) atoms. The van der Waals surface area contributed by atoms with Crippen molar-refractivity contribution in [2.45, 2.75) is 39.0 Å². The van der Waals surface area contributed by atoms with Crippen molar-refractivity contribution in [1.29, 1.82) is 0 Å². The molecule has 0 amide bonds. The van der Waals surface area contributed by atoms with Gasteiger partial charge in [-0.1, -0.05) is 6.07 Å². The van der Waals surface area contributed by atoms with Crippen molar-refractivity contribution in [3.63, 3.8) is 0 Å². The number of esters is 1. The van der Waals surface area contributed by atoms with E-state index < -0.39 is 0 Å². The number of ether oxygens (including phenoxy) is 1. The molecule has 0 radical (unpaired) electrons. The largest absolute Gasteiger partial charge is 0.462 e. The van der Waals surface area contributed by atoms with Gasteiger partial charge in [-0.15, -0.1) is 0 Å². The highest BCUT2D eigenvalue weighted by molar-refractivity contribution is 5.89. The first kappa shape index (κ1) is 13.8. The fraction of sp³-hybridized carbons (Fsp3) is 0.500. The molecule has 1 aromatic carbocycles. The van der Waals surface area contributed by atoms with E-state index in [4.69, 9.17) is 4.74 Å². The third-order valence-electron chi connectivity index (χ3n) is 3.74. The zero-order valence-corrected chi connectivity index (χ0v) is 11.4. The van der Waals surface area contributed by atoms with Gasteiger partial charge in [0.15, 0.2) is 0 Å². The van der Waals surface area contributed by atoms with Crippen molar-refractivity contribution in [3.8, 4) is 0 Å². The summed E-state index contributed by atoms with van der Waals surface area (Å²) in [7, 11) is 0. The average Bonchev–Trinajstić information content (AvgIpc) is 2.44. The van der Waals surface area contributed by atoms with Crippen molar-refractivity contribution < 1.29 is 14.3 Å². The van der Waals surface area contributed by atoms with E-state index in [2.05, 4.69) is 0 Å². The quantitative estimate of drug-likeness (QED) is 0.604. The van der Waals surface area contributed by atoms with Crippen LogP contribution in [0.3, 0.4) is 0 Å². The minimum Gasteiger partial charge on any atom is -0.462 e. The molecule has 0 saturated carbocycles. The van der Waals surface area contributed by atoms with Gasteiger partial charge in [0.05, 0.1) is 12.2 Å². The Morgan fingerprint density at radius 3 is 3.00 bits per heavy atom. The minimum absolute atomic E-state index is 0.242. The smallest absolute Gasteiger partial charge is 0.338 e. The van der Waals surface area contributed by atoms with E-state index in [1.165, 1.54) is 11.1 Å². The van der Waals surface area contributed by atoms with E-state index in [0.29, 0.717) is 24.5 Å². The molecule has 1 unspecified atom stereocenters. The lowest BCUT2D eigenvalue weighted by Crippen LogP contribution is -2.15. The van der Waals surface area contributed by atoms with E-state index in [1.54, 1.807) is 0 Å². The molecule has 3 heteroatoms. The lowest BCUT2D eigenvalue weighted by Gasteiger charge is -2.24. The van der Waals surface area contributed by atoms with Crippen LogP contribution in [-0.4, -0.2) is 18.9 Å². The molecule has 0 heterocycles. The van der Waals surface area contributed by atoms with Crippen LogP contribution in [0.5, 0.6) is 0 Å². The summed E-state index contributed by atoms with van der Waals surface area (Å²) >= 11 is 0. The van der Waals surface area contributed by atoms with E-state index in [0.717, 1.165) is 32.0 Å². The molecule has 2 rings (SSSR count). The van der Waals surface area contributed by atoms with Gasteiger partial charge in [0.25, 0.3) is 0 Å². The third kappa shape index (κ3) is 3.43. The minimum atomic E-state index is -0.242. The monoisotopic (exact) mass is 260 g/mol. The number of aldehydes is 1. The highest BCUT2D eigenvalue weighted by Crippen LogP contribution is 2.29. The van der Waals surface area contributed by atoms with Gasteiger partial charge in [-0.2, -0.15) is 0 Å². The molecule has 0 N–H and O–H groups in total. The number of benzene rings is 1. The van der Waals surface area contributed by atoms with Crippen LogP contribution in [0, 0.1) is 5.92 Å². The predicted molar refractivity (Wildman–Crippen MR) is 73.2 cm³/mol. The molecule has 0 spiro atoms. The molecule has 1 aromatic rings. The Morgan fingerprint density at radius 2 is 2.26 bits per heavy atom. The Bertz CT molecular complexity index is 465. The van der Waals surface area contributed by atoms with Crippen LogP contribution >= 0.6 is 0 Å². The zero-order chi connectivity index (χ0) is 13.7. The molecule has 1 aliphatic rings. The Labute approximate surface area is 114 Å². The van der Waals surface area contributed by atoms with Gasteiger partial charge < -0.3 is 9.53 Å². The summed E-state index contributed by atoms with van der Waals surface area (Å²) in [5.41, 5.74) is 3.22. The summed E-state index contributed by atoms with van der Waals surface area (Å²) in [6.45, 7) is 2.22. The van der Waals surface area contributed by atoms with Crippen LogP contribution in [0.2, 0.25) is 0 Å². The number of carbonyl (C=O) groups excluding carboxylic acids is 2. The second-order valence-electron chi connectivity index (χ2n) is 5.06. The van der Waals surface area contributed by atoms with E-state index in [-0.39, 0.29) is 5.97 Å². The summed E-state index contributed by atoms with van der Waals surface area (Å²) in [4.78, 5) is 22.1. The van der Waals surface area contributed by atoms with Crippen molar-refractivity contribution in [2.24, 2.45) is 5.92 Å². The number of aryl methyl sites for hydroxylation is 1. The number of rotatable bonds is 5. The first-order valence-corrected chi connectivity index (χ1v) is 6.97. The number of hydrogen-bond donors (Lipinski definition) is 0. The van der Waals surface area contributed by atoms with Crippen LogP contribution in [0.4, 0.5) is 0 Å². The summed E-state index contributed by atoms with van der Waals surface area (Å²) in [6.07, 6.45) is 5.74. The SMILES string of the molecule is CCOC(=O)c1ccc2c(c1)CCC(CCC=O)C2. The first-order chi connectivity index (χ1) is 9.24. The Morgan fingerprint density at radius 1 is 1.42 bits per heavy atom. The molecule has 1 aliphatic carbocycles. The third-order valence-corrected chi connectivity index (χ3v) is 3.74. The highest BCUT2D eigenvalue weighted by atomic mass is 16.5. The van der Waals surface area contributed by atoms with Gasteiger partial charge in [-0.05, 0) is 61.8 Å². The fourth-order valence-corrected chi connectivity index (χ4v) is 2.72. The van der Waals surface area contributed by atoms with Crippen molar-refractivity contribution in [2.75, 3.05) is 6.61 Å². The van der Waals surface area contributed by atoms with Crippen molar-refractivity contribution >= 4 is 12.3 Å². The topological polar surface area (TPSA) is 43.4 Å². The first-order valence-electron chi connectivity index (χ1n) is 6.97. The van der Waals surface area contributed by atoms with Crippen LogP contribution in [0.1, 0.15) is 47.7 Å². The normalized spacial score (nSPS) is 17.6. The standard InChI is InChI=1S/C16H20O3/c1-2-19-16(18)15-8-7-13-10-12(4-3-9-17)5-6-14(13)11-15/h7-9,11-12H,2-6,10H2,1H3. The van der Waals surface area contributed by atoms with Gasteiger partial charge >= 0.3 is 5.97 Å². The van der Waals surface area contributed by atoms with E-state index in [1.807, 2.05) is 25.1 Å². The summed E-state index contributed by atoms with van der Waals surface area (Å²) in [5.74, 6) is 0.361. The van der Waals surface area contributed by atoms with E-state index >= 15 is 0 Å². The lowest BCUT2D eigenvalue weighted by molar-refractivity contribution is -0.108. The molecule has 0 aliphatic heterocycles. The van der Waals surface area contributed by atoms with Gasteiger partial charge in [0.2, 0.25) is 0 Å². The number of hydrogen-bond acceptors (Lipinski definition) is 3. The van der Waals surface area contributed by atoms with Crippen LogP contribution in [0.15, 0.2) is 18.2 Å². The summed E-state index contributed by atoms with van der Waals surface area (Å²) < 4.78 is 5.02. The van der Waals surface area contributed by atoms with Gasteiger partial charge in [0.1, 0.15) is 6.29 Å². The highest BCUT2D eigenvalue weighted by Gasteiger charge is 2.19. The molecular formula is C16H20O3. The average molecular weight is 260 g/mol. The van der Waals surface area contributed by atoms with Crippen LogP contribution < -0.4 is 0 Å². The van der Waals surface area contributed by atoms with Gasteiger partial charge in [-0.3, -0.25) is 0 Å². The molecule has 0 bridgehead atoms. The second-order valence-corrected chi connectivity index (χ2v) is 5.06. The maximum atomic E-state index is 11.7. The zero-order valence-electron chi connectivity index (χ0n) is 11.4. The fourth-order valence-electron chi connectivity index (χ4n) is 2.72. The molecule has 102 valence electrons.